The van der Waals surface area contributed by atoms with Crippen molar-refractivity contribution in [3.05, 3.63) is 59.2 Å². The zero-order valence-electron chi connectivity index (χ0n) is 13.1. The van der Waals surface area contributed by atoms with E-state index in [9.17, 15) is 4.79 Å². The van der Waals surface area contributed by atoms with Crippen LogP contribution in [0.25, 0.3) is 0 Å². The molecule has 2 aromatic rings. The second-order valence-corrected chi connectivity index (χ2v) is 6.19. The fourth-order valence-corrected chi connectivity index (χ4v) is 2.26. The van der Waals surface area contributed by atoms with E-state index in [4.69, 9.17) is 4.74 Å². The van der Waals surface area contributed by atoms with Gasteiger partial charge in [0.15, 0.2) is 6.29 Å². The predicted octanol–water partition coefficient (Wildman–Crippen LogP) is 5.15. The number of para-hydroxylation sites is 1. The van der Waals surface area contributed by atoms with Gasteiger partial charge in [-0.3, -0.25) is 4.79 Å². The van der Waals surface area contributed by atoms with E-state index in [0.717, 1.165) is 24.0 Å². The van der Waals surface area contributed by atoms with Gasteiger partial charge in [0.2, 0.25) is 0 Å². The molecule has 0 bridgehead atoms. The van der Waals surface area contributed by atoms with Gasteiger partial charge in [0.05, 0.1) is 5.56 Å². The minimum Gasteiger partial charge on any atom is -0.456 e. The van der Waals surface area contributed by atoms with Crippen LogP contribution in [-0.4, -0.2) is 6.29 Å². The molecule has 0 radical (unpaired) electrons. The Hall–Kier alpha value is -2.09. The molecule has 21 heavy (non-hydrogen) atoms. The standard InChI is InChI=1S/C19H22O2/c1-5-14-10-11-18(16(12-14)19(2,3)4)21-17-9-7-6-8-15(17)13-20/h6-13H,5H2,1-4H3. The van der Waals surface area contributed by atoms with Crippen molar-refractivity contribution in [2.24, 2.45) is 0 Å². The summed E-state index contributed by atoms with van der Waals surface area (Å²) in [6.45, 7) is 8.64. The van der Waals surface area contributed by atoms with Crippen LogP contribution in [-0.2, 0) is 11.8 Å². The Morgan fingerprint density at radius 3 is 2.38 bits per heavy atom. The largest absolute Gasteiger partial charge is 0.456 e. The zero-order chi connectivity index (χ0) is 15.5. The van der Waals surface area contributed by atoms with E-state index in [1.807, 2.05) is 24.3 Å². The third kappa shape index (κ3) is 3.52. The number of rotatable bonds is 4. The van der Waals surface area contributed by atoms with Gasteiger partial charge < -0.3 is 4.74 Å². The monoisotopic (exact) mass is 282 g/mol. The summed E-state index contributed by atoms with van der Waals surface area (Å²) >= 11 is 0. The Labute approximate surface area is 126 Å². The second kappa shape index (κ2) is 6.13. The Morgan fingerprint density at radius 2 is 1.76 bits per heavy atom. The number of carbonyl (C=O) groups is 1. The maximum Gasteiger partial charge on any atom is 0.153 e. The molecule has 0 aliphatic carbocycles. The van der Waals surface area contributed by atoms with Gasteiger partial charge in [-0.2, -0.15) is 0 Å². The zero-order valence-corrected chi connectivity index (χ0v) is 13.1. The van der Waals surface area contributed by atoms with Crippen LogP contribution in [0.2, 0.25) is 0 Å². The molecule has 2 aromatic carbocycles. The molecule has 2 rings (SSSR count). The minimum atomic E-state index is -0.0172. The third-order valence-electron chi connectivity index (χ3n) is 3.53. The molecule has 0 aromatic heterocycles. The van der Waals surface area contributed by atoms with Crippen LogP contribution in [0.1, 0.15) is 49.2 Å². The van der Waals surface area contributed by atoms with Crippen molar-refractivity contribution < 1.29 is 9.53 Å². The van der Waals surface area contributed by atoms with Crippen LogP contribution < -0.4 is 4.74 Å². The predicted molar refractivity (Wildman–Crippen MR) is 86.4 cm³/mol. The van der Waals surface area contributed by atoms with E-state index < -0.39 is 0 Å². The Balaban J connectivity index is 2.46. The summed E-state index contributed by atoms with van der Waals surface area (Å²) in [6.07, 6.45) is 1.82. The SMILES string of the molecule is CCc1ccc(Oc2ccccc2C=O)c(C(C)(C)C)c1. The van der Waals surface area contributed by atoms with Gasteiger partial charge in [0, 0.05) is 5.56 Å². The van der Waals surface area contributed by atoms with Crippen molar-refractivity contribution >= 4 is 6.29 Å². The summed E-state index contributed by atoms with van der Waals surface area (Å²) in [5.74, 6) is 1.41. The Morgan fingerprint density at radius 1 is 1.05 bits per heavy atom. The van der Waals surface area contributed by atoms with Crippen LogP contribution in [0.4, 0.5) is 0 Å². The molecule has 0 aliphatic heterocycles. The topological polar surface area (TPSA) is 26.3 Å². The minimum absolute atomic E-state index is 0.0172. The van der Waals surface area contributed by atoms with Crippen LogP contribution >= 0.6 is 0 Å². The van der Waals surface area contributed by atoms with Crippen LogP contribution in [0.5, 0.6) is 11.5 Å². The first kappa shape index (κ1) is 15.3. The summed E-state index contributed by atoms with van der Waals surface area (Å²) < 4.78 is 6.03. The van der Waals surface area contributed by atoms with Crippen molar-refractivity contribution in [2.45, 2.75) is 39.5 Å². The smallest absolute Gasteiger partial charge is 0.153 e. The van der Waals surface area contributed by atoms with E-state index in [0.29, 0.717) is 11.3 Å². The number of ether oxygens (including phenoxy) is 1. The molecule has 0 amide bonds. The number of aldehydes is 1. The molecule has 0 saturated carbocycles. The highest BCUT2D eigenvalue weighted by atomic mass is 16.5. The molecule has 0 unspecified atom stereocenters. The lowest BCUT2D eigenvalue weighted by atomic mass is 9.85. The molecule has 0 atom stereocenters. The number of hydrogen-bond acceptors (Lipinski definition) is 2. The fourth-order valence-electron chi connectivity index (χ4n) is 2.26. The average Bonchev–Trinajstić information content (AvgIpc) is 2.47. The Kier molecular flexibility index (Phi) is 4.46. The van der Waals surface area contributed by atoms with E-state index in [-0.39, 0.29) is 5.41 Å². The van der Waals surface area contributed by atoms with E-state index in [1.165, 1.54) is 5.56 Å². The molecular weight excluding hydrogens is 260 g/mol. The normalized spacial score (nSPS) is 11.2. The molecule has 0 aliphatic rings. The van der Waals surface area contributed by atoms with E-state index in [2.05, 4.69) is 39.8 Å². The molecule has 0 spiro atoms. The molecule has 0 N–H and O–H groups in total. The summed E-state index contributed by atoms with van der Waals surface area (Å²) in [5, 5.41) is 0. The number of aryl methyl sites for hydroxylation is 1. The Bertz CT molecular complexity index is 636. The van der Waals surface area contributed by atoms with Gasteiger partial charge >= 0.3 is 0 Å². The third-order valence-corrected chi connectivity index (χ3v) is 3.53. The van der Waals surface area contributed by atoms with Gasteiger partial charge in [0.25, 0.3) is 0 Å². The quantitative estimate of drug-likeness (QED) is 0.725. The van der Waals surface area contributed by atoms with Crippen molar-refractivity contribution in [3.63, 3.8) is 0 Å². The van der Waals surface area contributed by atoms with Crippen molar-refractivity contribution in [1.82, 2.24) is 0 Å². The van der Waals surface area contributed by atoms with Gasteiger partial charge in [-0.05, 0) is 35.6 Å². The van der Waals surface area contributed by atoms with Gasteiger partial charge in [-0.15, -0.1) is 0 Å². The van der Waals surface area contributed by atoms with Crippen LogP contribution in [0.3, 0.4) is 0 Å². The van der Waals surface area contributed by atoms with Crippen molar-refractivity contribution in [3.8, 4) is 11.5 Å². The molecule has 0 saturated heterocycles. The lowest BCUT2D eigenvalue weighted by molar-refractivity contribution is 0.112. The number of hydrogen-bond donors (Lipinski definition) is 0. The molecule has 2 nitrogen and oxygen atoms in total. The lowest BCUT2D eigenvalue weighted by Crippen LogP contribution is -2.13. The van der Waals surface area contributed by atoms with E-state index in [1.54, 1.807) is 6.07 Å². The maximum atomic E-state index is 11.1. The first-order valence-corrected chi connectivity index (χ1v) is 7.31. The number of benzene rings is 2. The van der Waals surface area contributed by atoms with Crippen LogP contribution in [0, 0.1) is 0 Å². The first-order chi connectivity index (χ1) is 9.95. The average molecular weight is 282 g/mol. The van der Waals surface area contributed by atoms with Gasteiger partial charge in [-0.1, -0.05) is 52.0 Å². The molecular formula is C19H22O2. The highest BCUT2D eigenvalue weighted by molar-refractivity contribution is 5.79. The highest BCUT2D eigenvalue weighted by Crippen LogP contribution is 2.35. The molecule has 0 fully saturated rings. The molecule has 2 heteroatoms. The fraction of sp³-hybridized carbons (Fsp3) is 0.316. The van der Waals surface area contributed by atoms with Gasteiger partial charge in [0.1, 0.15) is 11.5 Å². The molecule has 110 valence electrons. The van der Waals surface area contributed by atoms with Crippen LogP contribution in [0.15, 0.2) is 42.5 Å². The van der Waals surface area contributed by atoms with Gasteiger partial charge in [-0.25, -0.2) is 0 Å². The van der Waals surface area contributed by atoms with Crippen molar-refractivity contribution in [2.75, 3.05) is 0 Å². The molecule has 0 heterocycles. The lowest BCUT2D eigenvalue weighted by Gasteiger charge is -2.24. The number of carbonyl (C=O) groups excluding carboxylic acids is 1. The first-order valence-electron chi connectivity index (χ1n) is 7.31. The summed E-state index contributed by atoms with van der Waals surface area (Å²) in [7, 11) is 0. The summed E-state index contributed by atoms with van der Waals surface area (Å²) in [5.41, 5.74) is 2.99. The summed E-state index contributed by atoms with van der Waals surface area (Å²) in [6, 6.07) is 13.6. The van der Waals surface area contributed by atoms with E-state index >= 15 is 0 Å². The summed E-state index contributed by atoms with van der Waals surface area (Å²) in [4.78, 5) is 11.1. The second-order valence-electron chi connectivity index (χ2n) is 6.19. The maximum absolute atomic E-state index is 11.1. The highest BCUT2D eigenvalue weighted by Gasteiger charge is 2.20. The van der Waals surface area contributed by atoms with Crippen molar-refractivity contribution in [1.29, 1.82) is 0 Å².